The van der Waals surface area contributed by atoms with Gasteiger partial charge in [0.15, 0.2) is 0 Å². The highest BCUT2D eigenvalue weighted by atomic mass is 32.1. The molecule has 17 heavy (non-hydrogen) atoms. The molecule has 0 saturated heterocycles. The van der Waals surface area contributed by atoms with Crippen molar-refractivity contribution in [1.82, 2.24) is 4.98 Å². The minimum atomic E-state index is 0.922. The molecule has 84 valence electrons. The Hall–Kier alpha value is -1.87. The van der Waals surface area contributed by atoms with Crippen molar-refractivity contribution >= 4 is 21.4 Å². The summed E-state index contributed by atoms with van der Waals surface area (Å²) in [6, 6.07) is 12.2. The lowest BCUT2D eigenvalue weighted by Gasteiger charge is -2.04. The minimum absolute atomic E-state index is 0.922. The van der Waals surface area contributed by atoms with Crippen LogP contribution in [0, 0.1) is 0 Å². The Labute approximate surface area is 104 Å². The van der Waals surface area contributed by atoms with Gasteiger partial charge < -0.3 is 4.74 Å². The van der Waals surface area contributed by atoms with Crippen LogP contribution in [-0.2, 0) is 0 Å². The number of benzene rings is 1. The number of ether oxygens (including phenoxy) is 1. The van der Waals surface area contributed by atoms with Crippen LogP contribution in [-0.4, -0.2) is 12.1 Å². The summed E-state index contributed by atoms with van der Waals surface area (Å²) < 4.78 is 6.64. The van der Waals surface area contributed by atoms with Gasteiger partial charge in [-0.05, 0) is 18.2 Å². The Morgan fingerprint density at radius 2 is 2.06 bits per heavy atom. The number of methoxy groups -OCH3 is 1. The fourth-order valence-electron chi connectivity index (χ4n) is 1.95. The summed E-state index contributed by atoms with van der Waals surface area (Å²) >= 11 is 1.69. The van der Waals surface area contributed by atoms with E-state index in [0.717, 1.165) is 22.4 Å². The number of pyridine rings is 1. The highest BCUT2D eigenvalue weighted by molar-refractivity contribution is 7.17. The van der Waals surface area contributed by atoms with Gasteiger partial charge in [0.05, 0.1) is 12.8 Å². The van der Waals surface area contributed by atoms with Crippen molar-refractivity contribution in [3.8, 4) is 17.0 Å². The van der Waals surface area contributed by atoms with Crippen molar-refractivity contribution in [3.63, 3.8) is 0 Å². The first-order valence-corrected chi connectivity index (χ1v) is 6.24. The lowest BCUT2D eigenvalue weighted by atomic mass is 10.1. The number of nitrogens with zero attached hydrogens (tertiary/aromatic N) is 1. The Bertz CT molecular complexity index is 646. The second-order valence-electron chi connectivity index (χ2n) is 3.70. The molecule has 0 saturated carbocycles. The van der Waals surface area contributed by atoms with Gasteiger partial charge in [0.2, 0.25) is 0 Å². The Kier molecular flexibility index (Phi) is 2.53. The Balaban J connectivity index is 2.33. The molecule has 3 heteroatoms. The van der Waals surface area contributed by atoms with E-state index >= 15 is 0 Å². The Morgan fingerprint density at radius 1 is 1.12 bits per heavy atom. The van der Waals surface area contributed by atoms with E-state index in [1.165, 1.54) is 4.70 Å². The lowest BCUT2D eigenvalue weighted by Crippen LogP contribution is -1.85. The zero-order valence-corrected chi connectivity index (χ0v) is 10.2. The molecule has 0 fully saturated rings. The van der Waals surface area contributed by atoms with Gasteiger partial charge in [-0.1, -0.05) is 18.2 Å². The van der Waals surface area contributed by atoms with Gasteiger partial charge in [0.25, 0.3) is 0 Å². The first kappa shape index (κ1) is 10.3. The summed E-state index contributed by atoms with van der Waals surface area (Å²) in [5, 5.41) is 3.19. The van der Waals surface area contributed by atoms with Crippen LogP contribution in [0.25, 0.3) is 21.3 Å². The van der Waals surface area contributed by atoms with E-state index in [1.54, 1.807) is 18.4 Å². The second kappa shape index (κ2) is 4.18. The topological polar surface area (TPSA) is 22.1 Å². The van der Waals surface area contributed by atoms with Crippen LogP contribution in [0.2, 0.25) is 0 Å². The molecule has 2 aromatic heterocycles. The van der Waals surface area contributed by atoms with Crippen molar-refractivity contribution in [2.45, 2.75) is 0 Å². The Morgan fingerprint density at radius 3 is 2.82 bits per heavy atom. The van der Waals surface area contributed by atoms with Crippen molar-refractivity contribution in [2.24, 2.45) is 0 Å². The van der Waals surface area contributed by atoms with E-state index in [0.29, 0.717) is 0 Å². The maximum atomic E-state index is 5.41. The van der Waals surface area contributed by atoms with E-state index in [9.17, 15) is 0 Å². The van der Waals surface area contributed by atoms with Gasteiger partial charge in [0.1, 0.15) is 5.75 Å². The number of thiophene rings is 1. The molecule has 2 nitrogen and oxygen atoms in total. The molecule has 1 aromatic carbocycles. The normalized spacial score (nSPS) is 10.6. The predicted octanol–water partition coefficient (Wildman–Crippen LogP) is 3.97. The van der Waals surface area contributed by atoms with E-state index in [-0.39, 0.29) is 0 Å². The number of rotatable bonds is 2. The lowest BCUT2D eigenvalue weighted by molar-refractivity contribution is 0.421. The van der Waals surface area contributed by atoms with E-state index in [2.05, 4.69) is 23.2 Å². The molecular formula is C14H11NOS. The molecule has 0 aliphatic carbocycles. The average Bonchev–Trinajstić information content (AvgIpc) is 2.82. The third-order valence-corrected chi connectivity index (χ3v) is 3.65. The first-order valence-electron chi connectivity index (χ1n) is 5.36. The van der Waals surface area contributed by atoms with Crippen LogP contribution in [0.15, 0.2) is 48.0 Å². The van der Waals surface area contributed by atoms with Crippen molar-refractivity contribution in [2.75, 3.05) is 7.11 Å². The molecule has 0 unspecified atom stereocenters. The summed E-state index contributed by atoms with van der Waals surface area (Å²) in [5.74, 6) is 0.922. The summed E-state index contributed by atoms with van der Waals surface area (Å²) in [6.07, 6.45) is 1.81. The highest BCUT2D eigenvalue weighted by Crippen LogP contribution is 2.38. The highest BCUT2D eigenvalue weighted by Gasteiger charge is 2.10. The predicted molar refractivity (Wildman–Crippen MR) is 71.6 cm³/mol. The van der Waals surface area contributed by atoms with Gasteiger partial charge in [0, 0.05) is 27.2 Å². The van der Waals surface area contributed by atoms with E-state index in [1.807, 2.05) is 29.8 Å². The van der Waals surface area contributed by atoms with Crippen molar-refractivity contribution < 1.29 is 4.74 Å². The molecule has 0 amide bonds. The molecule has 0 spiro atoms. The zero-order valence-electron chi connectivity index (χ0n) is 9.38. The number of hydrogen-bond donors (Lipinski definition) is 0. The average molecular weight is 241 g/mol. The number of aromatic nitrogens is 1. The van der Waals surface area contributed by atoms with E-state index in [4.69, 9.17) is 4.74 Å². The monoisotopic (exact) mass is 241 g/mol. The third-order valence-electron chi connectivity index (χ3n) is 2.73. The molecular weight excluding hydrogens is 230 g/mol. The maximum absolute atomic E-state index is 5.41. The summed E-state index contributed by atoms with van der Waals surface area (Å²) in [5.41, 5.74) is 2.11. The molecule has 0 bridgehead atoms. The number of fused-ring (bicyclic) bond motifs is 1. The summed E-state index contributed by atoms with van der Waals surface area (Å²) in [6.45, 7) is 0. The maximum Gasteiger partial charge on any atom is 0.138 e. The molecule has 0 radical (unpaired) electrons. The van der Waals surface area contributed by atoms with Gasteiger partial charge in [-0.3, -0.25) is 4.98 Å². The molecule has 0 aliphatic rings. The zero-order chi connectivity index (χ0) is 11.7. The van der Waals surface area contributed by atoms with Crippen LogP contribution >= 0.6 is 11.3 Å². The summed E-state index contributed by atoms with van der Waals surface area (Å²) in [4.78, 5) is 4.40. The fraction of sp³-hybridized carbons (Fsp3) is 0.0714. The van der Waals surface area contributed by atoms with Crippen LogP contribution in [0.5, 0.6) is 5.75 Å². The molecule has 3 rings (SSSR count). The van der Waals surface area contributed by atoms with Gasteiger partial charge in [-0.2, -0.15) is 0 Å². The minimum Gasteiger partial charge on any atom is -0.495 e. The van der Waals surface area contributed by atoms with Gasteiger partial charge >= 0.3 is 0 Å². The second-order valence-corrected chi connectivity index (χ2v) is 4.61. The van der Waals surface area contributed by atoms with Gasteiger partial charge in [-0.15, -0.1) is 11.3 Å². The van der Waals surface area contributed by atoms with Crippen LogP contribution in [0.1, 0.15) is 0 Å². The third kappa shape index (κ3) is 1.68. The SMILES string of the molecule is COc1csc2cccc(-c3ccccn3)c12. The number of hydrogen-bond acceptors (Lipinski definition) is 3. The molecule has 2 heterocycles. The van der Waals surface area contributed by atoms with Crippen molar-refractivity contribution in [1.29, 1.82) is 0 Å². The van der Waals surface area contributed by atoms with Crippen LogP contribution < -0.4 is 4.74 Å². The van der Waals surface area contributed by atoms with Crippen molar-refractivity contribution in [3.05, 3.63) is 48.0 Å². The molecule has 0 N–H and O–H groups in total. The van der Waals surface area contributed by atoms with Gasteiger partial charge in [-0.25, -0.2) is 0 Å². The first-order chi connectivity index (χ1) is 8.40. The molecule has 0 atom stereocenters. The van der Waals surface area contributed by atoms with Crippen LogP contribution in [0.3, 0.4) is 0 Å². The van der Waals surface area contributed by atoms with E-state index < -0.39 is 0 Å². The summed E-state index contributed by atoms with van der Waals surface area (Å²) in [7, 11) is 1.71. The fourth-order valence-corrected chi connectivity index (χ4v) is 2.88. The molecule has 0 aliphatic heterocycles. The largest absolute Gasteiger partial charge is 0.495 e. The quantitative estimate of drug-likeness (QED) is 0.677. The molecule has 3 aromatic rings. The smallest absolute Gasteiger partial charge is 0.138 e. The standard InChI is InChI=1S/C14H11NOS/c1-16-12-9-17-13-7-4-5-10(14(12)13)11-6-2-3-8-15-11/h2-9H,1H3. The van der Waals surface area contributed by atoms with Crippen LogP contribution in [0.4, 0.5) is 0 Å².